The normalized spacial score (nSPS) is 20.1. The average Bonchev–Trinajstić information content (AvgIpc) is 2.82. The first kappa shape index (κ1) is 23.1. The van der Waals surface area contributed by atoms with E-state index in [1.54, 1.807) is 14.2 Å². The minimum atomic E-state index is -0.0647. The van der Waals surface area contributed by atoms with Gasteiger partial charge in [-0.15, -0.1) is 0 Å². The summed E-state index contributed by atoms with van der Waals surface area (Å²) in [5.74, 6) is 0.744. The number of amides is 3. The molecule has 1 heterocycles. The molecule has 1 aliphatic heterocycles. The Balaban J connectivity index is 1.38. The van der Waals surface area contributed by atoms with Gasteiger partial charge in [0.05, 0.1) is 25.9 Å². The van der Waals surface area contributed by atoms with Crippen LogP contribution in [0.25, 0.3) is 0 Å². The molecule has 0 saturated heterocycles. The van der Waals surface area contributed by atoms with Crippen LogP contribution >= 0.6 is 0 Å². The molecule has 2 N–H and O–H groups in total. The van der Waals surface area contributed by atoms with E-state index in [0.29, 0.717) is 13.2 Å². The molecule has 3 amide bonds. The Hall–Kier alpha value is -3.06. The number of benzene rings is 2. The molecule has 1 fully saturated rings. The number of urea groups is 1. The summed E-state index contributed by atoms with van der Waals surface area (Å²) in [6.45, 7) is 5.11. The summed E-state index contributed by atoms with van der Waals surface area (Å²) in [6.07, 6.45) is 3.15. The highest BCUT2D eigenvalue weighted by atomic mass is 16.5. The first-order valence-electron chi connectivity index (χ1n) is 11.5. The van der Waals surface area contributed by atoms with Crippen molar-refractivity contribution in [3.05, 3.63) is 52.6 Å². The molecule has 0 spiro atoms. The molecular weight excluding hydrogens is 418 g/mol. The molecular formula is C26H33N3O4. The maximum atomic E-state index is 13.0. The summed E-state index contributed by atoms with van der Waals surface area (Å²) in [7, 11) is 3.29. The number of rotatable bonds is 6. The van der Waals surface area contributed by atoms with Crippen molar-refractivity contribution in [3.63, 3.8) is 0 Å². The van der Waals surface area contributed by atoms with E-state index in [1.165, 1.54) is 0 Å². The zero-order chi connectivity index (χ0) is 23.5. The Labute approximate surface area is 195 Å². The van der Waals surface area contributed by atoms with E-state index >= 15 is 0 Å². The van der Waals surface area contributed by atoms with E-state index < -0.39 is 0 Å². The summed E-state index contributed by atoms with van der Waals surface area (Å²) in [5.41, 5.74) is 5.98. The Kier molecular flexibility index (Phi) is 6.88. The minimum Gasteiger partial charge on any atom is -0.496 e. The van der Waals surface area contributed by atoms with E-state index in [0.717, 1.165) is 65.1 Å². The van der Waals surface area contributed by atoms with Gasteiger partial charge in [0.15, 0.2) is 0 Å². The molecule has 2 aliphatic rings. The lowest BCUT2D eigenvalue weighted by atomic mass is 9.84. The monoisotopic (exact) mass is 451 g/mol. The summed E-state index contributed by atoms with van der Waals surface area (Å²) in [6, 6.07) is 9.87. The predicted molar refractivity (Wildman–Crippen MR) is 129 cm³/mol. The standard InChI is InChI=1S/C26H33N3O4/c1-16-5-7-19(15-32-3)24-22(16)14-29(26(31)28-24)21-11-8-18(9-12-21)25(30)27-20-10-6-17(2)23(13-20)33-4/h5-7,10,13,18,21H,8-9,11-12,14-15H2,1-4H3,(H,27,30)(H,28,31). The fourth-order valence-electron chi connectivity index (χ4n) is 4.94. The number of aryl methyl sites for hydroxylation is 2. The second-order valence-electron chi connectivity index (χ2n) is 9.07. The van der Waals surface area contributed by atoms with Crippen molar-refractivity contribution in [1.82, 2.24) is 4.90 Å². The maximum absolute atomic E-state index is 13.0. The second-order valence-corrected chi connectivity index (χ2v) is 9.07. The van der Waals surface area contributed by atoms with E-state index in [4.69, 9.17) is 9.47 Å². The van der Waals surface area contributed by atoms with Crippen LogP contribution in [-0.4, -0.2) is 37.1 Å². The number of ether oxygens (including phenoxy) is 2. The summed E-state index contributed by atoms with van der Waals surface area (Å²) in [5, 5.41) is 6.13. The van der Waals surface area contributed by atoms with Gasteiger partial charge < -0.3 is 25.0 Å². The number of hydrogen-bond acceptors (Lipinski definition) is 4. The smallest absolute Gasteiger partial charge is 0.322 e. The van der Waals surface area contributed by atoms with Gasteiger partial charge in [0.25, 0.3) is 0 Å². The number of carbonyl (C=O) groups is 2. The van der Waals surface area contributed by atoms with Crippen molar-refractivity contribution in [1.29, 1.82) is 0 Å². The molecule has 7 heteroatoms. The highest BCUT2D eigenvalue weighted by Gasteiger charge is 2.35. The fourth-order valence-corrected chi connectivity index (χ4v) is 4.94. The molecule has 176 valence electrons. The first-order chi connectivity index (χ1) is 15.9. The topological polar surface area (TPSA) is 79.9 Å². The third-order valence-corrected chi connectivity index (χ3v) is 6.94. The van der Waals surface area contributed by atoms with Gasteiger partial charge in [-0.25, -0.2) is 4.79 Å². The zero-order valence-corrected chi connectivity index (χ0v) is 19.9. The molecule has 0 atom stereocenters. The quantitative estimate of drug-likeness (QED) is 0.648. The lowest BCUT2D eigenvalue weighted by molar-refractivity contribution is -0.121. The number of fused-ring (bicyclic) bond motifs is 1. The molecule has 0 bridgehead atoms. The van der Waals surface area contributed by atoms with Crippen molar-refractivity contribution >= 4 is 23.3 Å². The van der Waals surface area contributed by atoms with Gasteiger partial charge in [0.1, 0.15) is 5.75 Å². The van der Waals surface area contributed by atoms with Crippen molar-refractivity contribution < 1.29 is 19.1 Å². The lowest BCUT2D eigenvalue weighted by Gasteiger charge is -2.40. The van der Waals surface area contributed by atoms with Gasteiger partial charge >= 0.3 is 6.03 Å². The second kappa shape index (κ2) is 9.83. The van der Waals surface area contributed by atoms with E-state index in [1.807, 2.05) is 36.1 Å². The largest absolute Gasteiger partial charge is 0.496 e. The Morgan fingerprint density at radius 3 is 2.52 bits per heavy atom. The van der Waals surface area contributed by atoms with Crippen LogP contribution in [-0.2, 0) is 22.7 Å². The average molecular weight is 452 g/mol. The summed E-state index contributed by atoms with van der Waals surface area (Å²) < 4.78 is 10.7. The lowest BCUT2D eigenvalue weighted by Crippen LogP contribution is -2.47. The molecule has 7 nitrogen and oxygen atoms in total. The fraction of sp³-hybridized carbons (Fsp3) is 0.462. The Bertz CT molecular complexity index is 1040. The summed E-state index contributed by atoms with van der Waals surface area (Å²) in [4.78, 5) is 27.7. The van der Waals surface area contributed by atoms with Crippen LogP contribution in [0.3, 0.4) is 0 Å². The first-order valence-corrected chi connectivity index (χ1v) is 11.5. The van der Waals surface area contributed by atoms with Crippen molar-refractivity contribution in [3.8, 4) is 5.75 Å². The third-order valence-electron chi connectivity index (χ3n) is 6.94. The van der Waals surface area contributed by atoms with Gasteiger partial charge in [0.2, 0.25) is 5.91 Å². The van der Waals surface area contributed by atoms with Gasteiger partial charge in [-0.2, -0.15) is 0 Å². The SMILES string of the molecule is COCc1ccc(C)c2c1NC(=O)N(C1CCC(C(=O)Nc3ccc(C)c(OC)c3)CC1)C2. The number of nitrogens with zero attached hydrogens (tertiary/aromatic N) is 1. The van der Waals surface area contributed by atoms with Gasteiger partial charge in [-0.1, -0.05) is 18.2 Å². The number of hydrogen-bond donors (Lipinski definition) is 2. The van der Waals surface area contributed by atoms with E-state index in [9.17, 15) is 9.59 Å². The van der Waals surface area contributed by atoms with Gasteiger partial charge in [-0.3, -0.25) is 4.79 Å². The van der Waals surface area contributed by atoms with Crippen LogP contribution in [0.5, 0.6) is 5.75 Å². The van der Waals surface area contributed by atoms with Crippen LogP contribution in [0.1, 0.15) is 47.9 Å². The van der Waals surface area contributed by atoms with Crippen LogP contribution in [0.4, 0.5) is 16.2 Å². The molecule has 4 rings (SSSR count). The van der Waals surface area contributed by atoms with Gasteiger partial charge in [-0.05, 0) is 62.3 Å². The van der Waals surface area contributed by atoms with Gasteiger partial charge in [0, 0.05) is 36.4 Å². The molecule has 33 heavy (non-hydrogen) atoms. The van der Waals surface area contributed by atoms with Crippen molar-refractivity contribution in [2.24, 2.45) is 5.92 Å². The van der Waals surface area contributed by atoms with Crippen LogP contribution in [0.2, 0.25) is 0 Å². The molecule has 1 saturated carbocycles. The molecule has 1 aliphatic carbocycles. The van der Waals surface area contributed by atoms with Crippen molar-refractivity contribution in [2.45, 2.75) is 58.7 Å². The highest BCUT2D eigenvalue weighted by molar-refractivity contribution is 5.94. The molecule has 0 radical (unpaired) electrons. The van der Waals surface area contributed by atoms with Crippen LogP contribution in [0.15, 0.2) is 30.3 Å². The molecule has 2 aromatic carbocycles. The molecule has 2 aromatic rings. The van der Waals surface area contributed by atoms with Crippen LogP contribution < -0.4 is 15.4 Å². The number of methoxy groups -OCH3 is 2. The third kappa shape index (κ3) is 4.83. The zero-order valence-electron chi connectivity index (χ0n) is 19.9. The van der Waals surface area contributed by atoms with E-state index in [-0.39, 0.29) is 23.9 Å². The predicted octanol–water partition coefficient (Wildman–Crippen LogP) is 5.00. The Morgan fingerprint density at radius 1 is 1.09 bits per heavy atom. The number of carbonyl (C=O) groups excluding carboxylic acids is 2. The van der Waals surface area contributed by atoms with Crippen LogP contribution in [0, 0.1) is 19.8 Å². The maximum Gasteiger partial charge on any atom is 0.322 e. The van der Waals surface area contributed by atoms with Crippen molar-refractivity contribution in [2.75, 3.05) is 24.9 Å². The molecule has 0 aromatic heterocycles. The highest BCUT2D eigenvalue weighted by Crippen LogP contribution is 2.35. The molecule has 0 unspecified atom stereocenters. The Morgan fingerprint density at radius 2 is 1.82 bits per heavy atom. The summed E-state index contributed by atoms with van der Waals surface area (Å²) >= 11 is 0. The number of nitrogens with one attached hydrogen (secondary N) is 2. The number of anilines is 2. The minimum absolute atomic E-state index is 0.0350. The van der Waals surface area contributed by atoms with E-state index in [2.05, 4.69) is 23.6 Å².